The first-order chi connectivity index (χ1) is 9.61. The maximum absolute atomic E-state index is 13.1. The summed E-state index contributed by atoms with van der Waals surface area (Å²) in [7, 11) is 0. The molecule has 106 valence electrons. The summed E-state index contributed by atoms with van der Waals surface area (Å²) in [6.07, 6.45) is 2.42. The van der Waals surface area contributed by atoms with Crippen LogP contribution in [0.3, 0.4) is 0 Å². The normalized spacial score (nSPS) is 10.4. The highest BCUT2D eigenvalue weighted by Crippen LogP contribution is 2.33. The highest BCUT2D eigenvalue weighted by atomic mass is 79.9. The zero-order chi connectivity index (χ0) is 14.5. The van der Waals surface area contributed by atoms with Gasteiger partial charge in [-0.1, -0.05) is 6.92 Å². The molecule has 0 saturated carbocycles. The van der Waals surface area contributed by atoms with Crippen LogP contribution in [0.25, 0.3) is 0 Å². The topological polar surface area (TPSA) is 47.0 Å². The monoisotopic (exact) mass is 339 g/mol. The van der Waals surface area contributed by atoms with Gasteiger partial charge in [-0.05, 0) is 53.0 Å². The van der Waals surface area contributed by atoms with Gasteiger partial charge in [0.25, 0.3) is 0 Å². The lowest BCUT2D eigenvalue weighted by Crippen LogP contribution is -2.04. The van der Waals surface area contributed by atoms with Gasteiger partial charge in [0.2, 0.25) is 5.88 Å². The maximum atomic E-state index is 13.1. The molecule has 0 fully saturated rings. The van der Waals surface area contributed by atoms with Gasteiger partial charge in [-0.3, -0.25) is 0 Å². The number of hydrogen-bond donors (Lipinski definition) is 1. The molecule has 1 heterocycles. The van der Waals surface area contributed by atoms with Crippen molar-refractivity contribution in [1.82, 2.24) is 9.97 Å². The third-order valence-electron chi connectivity index (χ3n) is 2.64. The minimum Gasteiger partial charge on any atom is -0.437 e. The van der Waals surface area contributed by atoms with Crippen molar-refractivity contribution in [2.75, 3.05) is 11.9 Å². The van der Waals surface area contributed by atoms with Gasteiger partial charge in [0.15, 0.2) is 0 Å². The second kappa shape index (κ2) is 6.65. The second-order valence-corrected chi connectivity index (χ2v) is 5.07. The molecule has 0 aliphatic carbocycles. The van der Waals surface area contributed by atoms with E-state index in [0.717, 1.165) is 13.0 Å². The molecule has 4 nitrogen and oxygen atoms in total. The number of nitrogens with one attached hydrogen (secondary N) is 1. The first-order valence-corrected chi connectivity index (χ1v) is 7.09. The molecule has 0 saturated heterocycles. The Hall–Kier alpha value is -1.69. The van der Waals surface area contributed by atoms with Crippen LogP contribution in [-0.2, 0) is 0 Å². The molecule has 0 amide bonds. The van der Waals surface area contributed by atoms with Crippen LogP contribution in [0.5, 0.6) is 11.6 Å². The fraction of sp³-hybridized carbons (Fsp3) is 0.286. The van der Waals surface area contributed by atoms with Gasteiger partial charge in [-0.25, -0.2) is 14.4 Å². The maximum Gasteiger partial charge on any atom is 0.238 e. The van der Waals surface area contributed by atoms with Crippen LogP contribution in [0.1, 0.15) is 18.9 Å². The first kappa shape index (κ1) is 14.7. The van der Waals surface area contributed by atoms with Crippen LogP contribution in [0.15, 0.2) is 29.0 Å². The molecule has 2 rings (SSSR count). The SMILES string of the molecule is CCCNc1ncnc(Oc2ccc(F)cc2C)c1Br. The van der Waals surface area contributed by atoms with Crippen molar-refractivity contribution in [3.63, 3.8) is 0 Å². The Morgan fingerprint density at radius 1 is 1.35 bits per heavy atom. The van der Waals surface area contributed by atoms with Crippen LogP contribution in [0.4, 0.5) is 10.2 Å². The summed E-state index contributed by atoms with van der Waals surface area (Å²) in [5.41, 5.74) is 0.707. The molecule has 0 atom stereocenters. The zero-order valence-corrected chi connectivity index (χ0v) is 12.9. The molecule has 0 unspecified atom stereocenters. The Balaban J connectivity index is 2.24. The lowest BCUT2D eigenvalue weighted by molar-refractivity contribution is 0.453. The molecular formula is C14H15BrFN3O. The van der Waals surface area contributed by atoms with Crippen molar-refractivity contribution in [3.8, 4) is 11.6 Å². The van der Waals surface area contributed by atoms with E-state index in [1.807, 2.05) is 0 Å². The highest BCUT2D eigenvalue weighted by molar-refractivity contribution is 9.10. The molecule has 0 aliphatic heterocycles. The molecular weight excluding hydrogens is 325 g/mol. The summed E-state index contributed by atoms with van der Waals surface area (Å²) in [5, 5.41) is 3.17. The number of rotatable bonds is 5. The van der Waals surface area contributed by atoms with Crippen molar-refractivity contribution < 1.29 is 9.13 Å². The van der Waals surface area contributed by atoms with Gasteiger partial charge in [0.05, 0.1) is 0 Å². The van der Waals surface area contributed by atoms with E-state index in [9.17, 15) is 4.39 Å². The van der Waals surface area contributed by atoms with Crippen LogP contribution >= 0.6 is 15.9 Å². The number of nitrogens with zero attached hydrogens (tertiary/aromatic N) is 2. The lowest BCUT2D eigenvalue weighted by atomic mass is 10.2. The number of hydrogen-bond acceptors (Lipinski definition) is 4. The van der Waals surface area contributed by atoms with E-state index >= 15 is 0 Å². The fourth-order valence-corrected chi connectivity index (χ4v) is 2.05. The number of aryl methyl sites for hydroxylation is 1. The van der Waals surface area contributed by atoms with Gasteiger partial charge in [0.1, 0.15) is 28.2 Å². The molecule has 0 aliphatic rings. The van der Waals surface area contributed by atoms with Crippen molar-refractivity contribution in [3.05, 3.63) is 40.4 Å². The summed E-state index contributed by atoms with van der Waals surface area (Å²) in [5.74, 6) is 1.35. The second-order valence-electron chi connectivity index (χ2n) is 4.28. The minimum absolute atomic E-state index is 0.290. The molecule has 2 aromatic rings. The van der Waals surface area contributed by atoms with E-state index in [0.29, 0.717) is 27.5 Å². The Labute approximate surface area is 125 Å². The van der Waals surface area contributed by atoms with Crippen LogP contribution < -0.4 is 10.1 Å². The summed E-state index contributed by atoms with van der Waals surface area (Å²) < 4.78 is 19.4. The number of benzene rings is 1. The summed E-state index contributed by atoms with van der Waals surface area (Å²) in [6, 6.07) is 4.35. The van der Waals surface area contributed by atoms with Gasteiger partial charge >= 0.3 is 0 Å². The molecule has 6 heteroatoms. The first-order valence-electron chi connectivity index (χ1n) is 6.30. The third-order valence-corrected chi connectivity index (χ3v) is 3.36. The van der Waals surface area contributed by atoms with E-state index in [2.05, 4.69) is 38.1 Å². The van der Waals surface area contributed by atoms with Crippen molar-refractivity contribution in [1.29, 1.82) is 0 Å². The Kier molecular flexibility index (Phi) is 4.89. The molecule has 1 aromatic carbocycles. The standard InChI is InChI=1S/C14H15BrFN3O/c1-3-6-17-13-12(15)14(19-8-18-13)20-11-5-4-10(16)7-9(11)2/h4-5,7-8H,3,6H2,1-2H3,(H,17,18,19). The molecule has 0 spiro atoms. The Morgan fingerprint density at radius 3 is 2.85 bits per heavy atom. The summed E-state index contributed by atoms with van der Waals surface area (Å²) in [4.78, 5) is 8.24. The summed E-state index contributed by atoms with van der Waals surface area (Å²) in [6.45, 7) is 4.66. The van der Waals surface area contributed by atoms with E-state index in [1.54, 1.807) is 13.0 Å². The Bertz CT molecular complexity index is 607. The Morgan fingerprint density at radius 2 is 2.15 bits per heavy atom. The highest BCUT2D eigenvalue weighted by Gasteiger charge is 2.11. The zero-order valence-electron chi connectivity index (χ0n) is 11.3. The van der Waals surface area contributed by atoms with Crippen LogP contribution in [0.2, 0.25) is 0 Å². The molecule has 1 N–H and O–H groups in total. The van der Waals surface area contributed by atoms with E-state index in [-0.39, 0.29) is 5.82 Å². The van der Waals surface area contributed by atoms with Crippen molar-refractivity contribution in [2.24, 2.45) is 0 Å². The average Bonchev–Trinajstić information content (AvgIpc) is 2.42. The minimum atomic E-state index is -0.290. The fourth-order valence-electron chi connectivity index (χ4n) is 1.62. The van der Waals surface area contributed by atoms with Gasteiger partial charge in [-0.2, -0.15) is 0 Å². The largest absolute Gasteiger partial charge is 0.437 e. The van der Waals surface area contributed by atoms with E-state index in [1.165, 1.54) is 18.5 Å². The molecule has 0 bridgehead atoms. The lowest BCUT2D eigenvalue weighted by Gasteiger charge is -2.11. The number of anilines is 1. The van der Waals surface area contributed by atoms with Crippen LogP contribution in [0, 0.1) is 12.7 Å². The van der Waals surface area contributed by atoms with Crippen molar-refractivity contribution in [2.45, 2.75) is 20.3 Å². The van der Waals surface area contributed by atoms with Crippen molar-refractivity contribution >= 4 is 21.7 Å². The molecule has 0 radical (unpaired) electrons. The van der Waals surface area contributed by atoms with Gasteiger partial charge < -0.3 is 10.1 Å². The van der Waals surface area contributed by atoms with Gasteiger partial charge in [0, 0.05) is 6.54 Å². The number of aromatic nitrogens is 2. The van der Waals surface area contributed by atoms with Crippen LogP contribution in [-0.4, -0.2) is 16.5 Å². The van der Waals surface area contributed by atoms with E-state index < -0.39 is 0 Å². The predicted octanol–water partition coefficient (Wildman–Crippen LogP) is 4.30. The quantitative estimate of drug-likeness (QED) is 0.882. The third kappa shape index (κ3) is 3.45. The molecule has 1 aromatic heterocycles. The smallest absolute Gasteiger partial charge is 0.238 e. The van der Waals surface area contributed by atoms with Gasteiger partial charge in [-0.15, -0.1) is 0 Å². The number of ether oxygens (including phenoxy) is 1. The average molecular weight is 340 g/mol. The van der Waals surface area contributed by atoms with E-state index in [4.69, 9.17) is 4.74 Å². The summed E-state index contributed by atoms with van der Waals surface area (Å²) >= 11 is 3.42. The molecule has 20 heavy (non-hydrogen) atoms. The number of halogens is 2. The predicted molar refractivity (Wildman–Crippen MR) is 79.7 cm³/mol.